The van der Waals surface area contributed by atoms with Crippen LogP contribution in [0.5, 0.6) is 0 Å². The molecule has 10 heteroatoms. The molecule has 0 bridgehead atoms. The van der Waals surface area contributed by atoms with Gasteiger partial charge in [-0.2, -0.15) is 18.2 Å². The van der Waals surface area contributed by atoms with Crippen molar-refractivity contribution in [3.05, 3.63) is 53.1 Å². The van der Waals surface area contributed by atoms with E-state index in [4.69, 9.17) is 9.05 Å². The van der Waals surface area contributed by atoms with Crippen molar-refractivity contribution < 1.29 is 27.0 Å². The molecular weight excluding hydrogens is 341 g/mol. The van der Waals surface area contributed by atoms with E-state index in [0.29, 0.717) is 11.5 Å². The van der Waals surface area contributed by atoms with Crippen LogP contribution in [0, 0.1) is 6.92 Å². The summed E-state index contributed by atoms with van der Waals surface area (Å²) in [6.07, 6.45) is -4.52. The fourth-order valence-electron chi connectivity index (χ4n) is 2.00. The molecule has 0 aliphatic carbocycles. The number of nitrogens with one attached hydrogen (secondary N) is 1. The van der Waals surface area contributed by atoms with E-state index in [9.17, 15) is 18.0 Å². The highest BCUT2D eigenvalue weighted by molar-refractivity contribution is 5.94. The predicted molar refractivity (Wildman–Crippen MR) is 77.1 cm³/mol. The zero-order chi connectivity index (χ0) is 18.0. The van der Waals surface area contributed by atoms with E-state index in [1.807, 2.05) is 0 Å². The van der Waals surface area contributed by atoms with Gasteiger partial charge in [-0.3, -0.25) is 4.79 Å². The first-order chi connectivity index (χ1) is 11.8. The topological polar surface area (TPSA) is 94.1 Å². The molecule has 7 nitrogen and oxygen atoms in total. The van der Waals surface area contributed by atoms with Gasteiger partial charge in [-0.15, -0.1) is 0 Å². The fraction of sp³-hybridized carbons (Fsp3) is 0.200. The zero-order valence-electron chi connectivity index (χ0n) is 12.8. The van der Waals surface area contributed by atoms with E-state index in [2.05, 4.69) is 20.6 Å². The third kappa shape index (κ3) is 3.84. The fourth-order valence-corrected chi connectivity index (χ4v) is 2.00. The molecule has 1 amide bonds. The van der Waals surface area contributed by atoms with Crippen molar-refractivity contribution in [1.29, 1.82) is 0 Å². The standard InChI is InChI=1S/C15H11F3N4O3/c1-8-5-11(21-24-8)13-20-12(25-22-13)7-19-14(23)9-3-2-4-10(6-9)15(16,17)18/h2-6H,7H2,1H3,(H,19,23). The van der Waals surface area contributed by atoms with Crippen LogP contribution in [-0.4, -0.2) is 21.2 Å². The third-order valence-corrected chi connectivity index (χ3v) is 3.18. The quantitative estimate of drug-likeness (QED) is 0.776. The summed E-state index contributed by atoms with van der Waals surface area (Å²) in [5.41, 5.74) is -0.653. The molecule has 0 fully saturated rings. The summed E-state index contributed by atoms with van der Waals surface area (Å²) in [6.45, 7) is 1.56. The molecule has 3 rings (SSSR count). The van der Waals surface area contributed by atoms with Gasteiger partial charge in [0, 0.05) is 11.6 Å². The average Bonchev–Trinajstić information content (AvgIpc) is 3.20. The SMILES string of the molecule is Cc1cc(-c2noc(CNC(=O)c3cccc(C(F)(F)F)c3)n2)no1. The number of benzene rings is 1. The molecule has 0 saturated heterocycles. The summed E-state index contributed by atoms with van der Waals surface area (Å²) in [5, 5.41) is 9.83. The lowest BCUT2D eigenvalue weighted by atomic mass is 10.1. The predicted octanol–water partition coefficient (Wildman–Crippen LogP) is 2.98. The molecule has 1 aromatic carbocycles. The monoisotopic (exact) mass is 352 g/mol. The minimum atomic E-state index is -4.52. The van der Waals surface area contributed by atoms with Gasteiger partial charge >= 0.3 is 6.18 Å². The Morgan fingerprint density at radius 3 is 2.68 bits per heavy atom. The van der Waals surface area contributed by atoms with E-state index in [0.717, 1.165) is 18.2 Å². The number of aryl methyl sites for hydroxylation is 1. The van der Waals surface area contributed by atoms with Gasteiger partial charge in [-0.05, 0) is 25.1 Å². The number of hydrogen-bond donors (Lipinski definition) is 1. The summed E-state index contributed by atoms with van der Waals surface area (Å²) in [6, 6.07) is 5.71. The Kier molecular flexibility index (Phi) is 4.26. The van der Waals surface area contributed by atoms with E-state index in [-0.39, 0.29) is 23.8 Å². The Bertz CT molecular complexity index is 901. The number of rotatable bonds is 4. The number of alkyl halides is 3. The van der Waals surface area contributed by atoms with Gasteiger partial charge in [0.25, 0.3) is 5.91 Å². The number of carbonyl (C=O) groups excluding carboxylic acids is 1. The van der Waals surface area contributed by atoms with Crippen LogP contribution in [0.2, 0.25) is 0 Å². The third-order valence-electron chi connectivity index (χ3n) is 3.18. The molecular formula is C15H11F3N4O3. The summed E-state index contributed by atoms with van der Waals surface area (Å²) in [5.74, 6) is 0.137. The largest absolute Gasteiger partial charge is 0.416 e. The van der Waals surface area contributed by atoms with Crippen molar-refractivity contribution in [3.8, 4) is 11.5 Å². The molecule has 0 atom stereocenters. The lowest BCUT2D eigenvalue weighted by molar-refractivity contribution is -0.137. The van der Waals surface area contributed by atoms with Crippen LogP contribution in [0.3, 0.4) is 0 Å². The number of amides is 1. The molecule has 0 saturated carbocycles. The van der Waals surface area contributed by atoms with Crippen LogP contribution in [0.1, 0.15) is 27.6 Å². The highest BCUT2D eigenvalue weighted by Crippen LogP contribution is 2.29. The molecule has 0 radical (unpaired) electrons. The number of nitrogens with zero attached hydrogens (tertiary/aromatic N) is 3. The Labute approximate surface area is 138 Å². The molecule has 2 aromatic heterocycles. The van der Waals surface area contributed by atoms with Gasteiger partial charge in [0.15, 0.2) is 5.69 Å². The average molecular weight is 352 g/mol. The number of halogens is 3. The van der Waals surface area contributed by atoms with Gasteiger partial charge in [-0.25, -0.2) is 0 Å². The number of hydrogen-bond acceptors (Lipinski definition) is 6. The first-order valence-electron chi connectivity index (χ1n) is 7.04. The maximum absolute atomic E-state index is 12.7. The highest BCUT2D eigenvalue weighted by atomic mass is 19.4. The summed E-state index contributed by atoms with van der Waals surface area (Å²) in [7, 11) is 0. The maximum Gasteiger partial charge on any atom is 0.416 e. The molecule has 25 heavy (non-hydrogen) atoms. The molecule has 0 spiro atoms. The van der Waals surface area contributed by atoms with Gasteiger partial charge in [0.1, 0.15) is 5.76 Å². The minimum Gasteiger partial charge on any atom is -0.361 e. The summed E-state index contributed by atoms with van der Waals surface area (Å²) in [4.78, 5) is 16.0. The molecule has 130 valence electrons. The van der Waals surface area contributed by atoms with Crippen molar-refractivity contribution in [3.63, 3.8) is 0 Å². The first kappa shape index (κ1) is 16.7. The number of aromatic nitrogens is 3. The van der Waals surface area contributed by atoms with Crippen LogP contribution in [0.15, 0.2) is 39.4 Å². The van der Waals surface area contributed by atoms with Gasteiger partial charge in [0.2, 0.25) is 11.7 Å². The van der Waals surface area contributed by atoms with Gasteiger partial charge in [0.05, 0.1) is 12.1 Å². The second kappa shape index (κ2) is 6.38. The van der Waals surface area contributed by atoms with Crippen LogP contribution >= 0.6 is 0 Å². The summed E-state index contributed by atoms with van der Waals surface area (Å²) >= 11 is 0. The van der Waals surface area contributed by atoms with E-state index < -0.39 is 17.6 Å². The van der Waals surface area contributed by atoms with Crippen LogP contribution in [0.4, 0.5) is 13.2 Å². The van der Waals surface area contributed by atoms with Gasteiger partial charge in [-0.1, -0.05) is 16.4 Å². The zero-order valence-corrected chi connectivity index (χ0v) is 12.8. The van der Waals surface area contributed by atoms with Gasteiger partial charge < -0.3 is 14.4 Å². The molecule has 3 aromatic rings. The minimum absolute atomic E-state index is 0.0796. The van der Waals surface area contributed by atoms with Crippen molar-refractivity contribution in [2.24, 2.45) is 0 Å². The van der Waals surface area contributed by atoms with E-state index in [1.165, 1.54) is 6.07 Å². The summed E-state index contributed by atoms with van der Waals surface area (Å²) < 4.78 is 47.9. The normalized spacial score (nSPS) is 11.5. The molecule has 0 unspecified atom stereocenters. The molecule has 1 N–H and O–H groups in total. The molecule has 0 aliphatic rings. The maximum atomic E-state index is 12.7. The van der Waals surface area contributed by atoms with Crippen LogP contribution in [-0.2, 0) is 12.7 Å². The van der Waals surface area contributed by atoms with Crippen LogP contribution in [0.25, 0.3) is 11.5 Å². The van der Waals surface area contributed by atoms with E-state index in [1.54, 1.807) is 13.0 Å². The molecule has 2 heterocycles. The van der Waals surface area contributed by atoms with Crippen LogP contribution < -0.4 is 5.32 Å². The Morgan fingerprint density at radius 1 is 1.20 bits per heavy atom. The highest BCUT2D eigenvalue weighted by Gasteiger charge is 2.30. The van der Waals surface area contributed by atoms with Crippen molar-refractivity contribution in [2.45, 2.75) is 19.6 Å². The van der Waals surface area contributed by atoms with Crippen molar-refractivity contribution in [2.75, 3.05) is 0 Å². The second-order valence-corrected chi connectivity index (χ2v) is 5.10. The number of carbonyl (C=O) groups is 1. The lowest BCUT2D eigenvalue weighted by Crippen LogP contribution is -2.23. The van der Waals surface area contributed by atoms with Crippen molar-refractivity contribution >= 4 is 5.91 Å². The first-order valence-corrected chi connectivity index (χ1v) is 7.04. The second-order valence-electron chi connectivity index (χ2n) is 5.10. The smallest absolute Gasteiger partial charge is 0.361 e. The Hall–Kier alpha value is -3.17. The van der Waals surface area contributed by atoms with E-state index >= 15 is 0 Å². The molecule has 0 aliphatic heterocycles. The van der Waals surface area contributed by atoms with Crippen molar-refractivity contribution in [1.82, 2.24) is 20.6 Å². The Morgan fingerprint density at radius 2 is 2.00 bits per heavy atom. The lowest BCUT2D eigenvalue weighted by Gasteiger charge is -2.08. The Balaban J connectivity index is 1.66.